The Labute approximate surface area is 128 Å². The zero-order valence-electron chi connectivity index (χ0n) is 13.2. The summed E-state index contributed by atoms with van der Waals surface area (Å²) in [6, 6.07) is 10.3. The van der Waals surface area contributed by atoms with Crippen molar-refractivity contribution in [2.45, 2.75) is 50.9 Å². The Kier molecular flexibility index (Phi) is 6.68. The van der Waals surface area contributed by atoms with Crippen LogP contribution < -0.4 is 0 Å². The lowest BCUT2D eigenvalue weighted by molar-refractivity contribution is -0.169. The second-order valence-corrected chi connectivity index (χ2v) is 6.08. The Hall–Kier alpha value is -0.900. The number of ether oxygens (including phenoxy) is 2. The smallest absolute Gasteiger partial charge is 0.162 e. The largest absolute Gasteiger partial charge is 0.392 e. The van der Waals surface area contributed by atoms with Gasteiger partial charge in [-0.15, -0.1) is 0 Å². The third kappa shape index (κ3) is 4.53. The van der Waals surface area contributed by atoms with Crippen molar-refractivity contribution in [3.05, 3.63) is 35.9 Å². The van der Waals surface area contributed by atoms with Gasteiger partial charge in [0.15, 0.2) is 6.29 Å². The molecule has 1 aliphatic carbocycles. The summed E-state index contributed by atoms with van der Waals surface area (Å²) in [7, 11) is 3.31. The molecule has 1 N–H and O–H groups in total. The van der Waals surface area contributed by atoms with E-state index >= 15 is 0 Å². The summed E-state index contributed by atoms with van der Waals surface area (Å²) in [5.41, 5.74) is 1.22. The third-order valence-corrected chi connectivity index (χ3v) is 4.70. The van der Waals surface area contributed by atoms with Crippen LogP contribution in [0.15, 0.2) is 30.3 Å². The second-order valence-electron chi connectivity index (χ2n) is 6.08. The van der Waals surface area contributed by atoms with Gasteiger partial charge < -0.3 is 14.6 Å². The van der Waals surface area contributed by atoms with Crippen LogP contribution in [-0.2, 0) is 15.9 Å². The topological polar surface area (TPSA) is 38.7 Å². The average Bonchev–Trinajstić information content (AvgIpc) is 2.56. The fraction of sp³-hybridized carbons (Fsp3) is 0.667. The van der Waals surface area contributed by atoms with Crippen molar-refractivity contribution in [2.24, 2.45) is 11.8 Å². The summed E-state index contributed by atoms with van der Waals surface area (Å²) in [6.45, 7) is 0. The molecular formula is C18H28O3. The third-order valence-electron chi connectivity index (χ3n) is 4.70. The maximum Gasteiger partial charge on any atom is 0.162 e. The lowest BCUT2D eigenvalue weighted by Crippen LogP contribution is -2.41. The fourth-order valence-electron chi connectivity index (χ4n) is 3.54. The molecule has 1 saturated carbocycles. The van der Waals surface area contributed by atoms with Crippen LogP contribution in [0.3, 0.4) is 0 Å². The number of methoxy groups -OCH3 is 2. The van der Waals surface area contributed by atoms with Gasteiger partial charge in [0.05, 0.1) is 6.10 Å². The van der Waals surface area contributed by atoms with Gasteiger partial charge in [-0.05, 0) is 30.7 Å². The maximum absolute atomic E-state index is 10.9. The molecule has 21 heavy (non-hydrogen) atoms. The molecule has 1 fully saturated rings. The second kappa shape index (κ2) is 8.52. The molecule has 0 aromatic heterocycles. The molecule has 0 spiro atoms. The Morgan fingerprint density at radius 1 is 1.05 bits per heavy atom. The van der Waals surface area contributed by atoms with Crippen LogP contribution in [0.4, 0.5) is 0 Å². The summed E-state index contributed by atoms with van der Waals surface area (Å²) in [5, 5.41) is 10.9. The van der Waals surface area contributed by atoms with E-state index in [9.17, 15) is 5.11 Å². The molecule has 0 heterocycles. The Morgan fingerprint density at radius 2 is 1.67 bits per heavy atom. The van der Waals surface area contributed by atoms with Crippen molar-refractivity contribution in [3.63, 3.8) is 0 Å². The van der Waals surface area contributed by atoms with Gasteiger partial charge in [-0.2, -0.15) is 0 Å². The van der Waals surface area contributed by atoms with Crippen molar-refractivity contribution in [1.82, 2.24) is 0 Å². The van der Waals surface area contributed by atoms with Crippen LogP contribution in [-0.4, -0.2) is 31.7 Å². The maximum atomic E-state index is 10.9. The molecule has 118 valence electrons. The molecule has 0 saturated heterocycles. The van der Waals surface area contributed by atoms with E-state index in [0.29, 0.717) is 5.92 Å². The van der Waals surface area contributed by atoms with E-state index in [0.717, 1.165) is 19.3 Å². The highest BCUT2D eigenvalue weighted by Gasteiger charge is 2.34. The zero-order valence-corrected chi connectivity index (χ0v) is 13.2. The van der Waals surface area contributed by atoms with Gasteiger partial charge in [-0.1, -0.05) is 49.6 Å². The van der Waals surface area contributed by atoms with E-state index < -0.39 is 0 Å². The molecule has 1 aromatic carbocycles. The minimum absolute atomic E-state index is 0.0227. The Bertz CT molecular complexity index is 383. The van der Waals surface area contributed by atoms with Crippen LogP contribution in [0, 0.1) is 11.8 Å². The Balaban J connectivity index is 2.10. The average molecular weight is 292 g/mol. The van der Waals surface area contributed by atoms with Crippen LogP contribution in [0.25, 0.3) is 0 Å². The molecule has 0 amide bonds. The number of benzene rings is 1. The number of aliphatic hydroxyl groups excluding tert-OH is 1. The predicted molar refractivity (Wildman–Crippen MR) is 84.0 cm³/mol. The standard InChI is InChI=1S/C18H28O3/c1-20-18(21-2)16(13-14-9-5-3-6-10-14)17(19)15-11-7-4-8-12-15/h3,5-6,9-10,15-19H,4,7-8,11-13H2,1-2H3/t16-,17+/m1/s1. The first-order valence-electron chi connectivity index (χ1n) is 8.04. The van der Waals surface area contributed by atoms with E-state index in [1.165, 1.54) is 24.8 Å². The highest BCUT2D eigenvalue weighted by Crippen LogP contribution is 2.32. The van der Waals surface area contributed by atoms with Crippen molar-refractivity contribution in [2.75, 3.05) is 14.2 Å². The van der Waals surface area contributed by atoms with Gasteiger partial charge in [0.1, 0.15) is 0 Å². The normalized spacial score (nSPS) is 19.6. The lowest BCUT2D eigenvalue weighted by Gasteiger charge is -2.35. The van der Waals surface area contributed by atoms with E-state index in [1.54, 1.807) is 14.2 Å². The van der Waals surface area contributed by atoms with Gasteiger partial charge in [-0.25, -0.2) is 0 Å². The summed E-state index contributed by atoms with van der Waals surface area (Å²) >= 11 is 0. The summed E-state index contributed by atoms with van der Waals surface area (Å²) in [5.74, 6) is 0.353. The number of aliphatic hydroxyl groups is 1. The molecular weight excluding hydrogens is 264 g/mol. The SMILES string of the molecule is COC(OC)[C@H](Cc1ccccc1)[C@@H](O)C1CCCCC1. The van der Waals surface area contributed by atoms with Crippen LogP contribution in [0.5, 0.6) is 0 Å². The highest BCUT2D eigenvalue weighted by atomic mass is 16.7. The van der Waals surface area contributed by atoms with E-state index in [1.807, 2.05) is 18.2 Å². The van der Waals surface area contributed by atoms with Crippen LogP contribution in [0.1, 0.15) is 37.7 Å². The molecule has 2 rings (SSSR count). The van der Waals surface area contributed by atoms with Gasteiger partial charge >= 0.3 is 0 Å². The molecule has 1 aromatic rings. The monoisotopic (exact) mass is 292 g/mol. The fourth-order valence-corrected chi connectivity index (χ4v) is 3.54. The molecule has 0 unspecified atom stereocenters. The van der Waals surface area contributed by atoms with Gasteiger partial charge in [0.25, 0.3) is 0 Å². The number of rotatable bonds is 7. The number of hydrogen-bond acceptors (Lipinski definition) is 3. The molecule has 3 nitrogen and oxygen atoms in total. The molecule has 0 bridgehead atoms. The lowest BCUT2D eigenvalue weighted by atomic mass is 9.78. The summed E-state index contributed by atoms with van der Waals surface area (Å²) in [4.78, 5) is 0. The van der Waals surface area contributed by atoms with E-state index in [4.69, 9.17) is 9.47 Å². The minimum Gasteiger partial charge on any atom is -0.392 e. The zero-order chi connectivity index (χ0) is 15.1. The summed E-state index contributed by atoms with van der Waals surface area (Å²) < 4.78 is 10.9. The molecule has 3 heteroatoms. The van der Waals surface area contributed by atoms with Gasteiger partial charge in [0.2, 0.25) is 0 Å². The van der Waals surface area contributed by atoms with Crippen LogP contribution >= 0.6 is 0 Å². The van der Waals surface area contributed by atoms with Crippen molar-refractivity contribution in [3.8, 4) is 0 Å². The Morgan fingerprint density at radius 3 is 2.24 bits per heavy atom. The molecule has 0 aliphatic heterocycles. The van der Waals surface area contributed by atoms with Crippen molar-refractivity contribution >= 4 is 0 Å². The van der Waals surface area contributed by atoms with Crippen LogP contribution in [0.2, 0.25) is 0 Å². The highest BCUT2D eigenvalue weighted by molar-refractivity contribution is 5.15. The van der Waals surface area contributed by atoms with Crippen molar-refractivity contribution < 1.29 is 14.6 Å². The van der Waals surface area contributed by atoms with Crippen molar-refractivity contribution in [1.29, 1.82) is 0 Å². The van der Waals surface area contributed by atoms with E-state index in [2.05, 4.69) is 12.1 Å². The predicted octanol–water partition coefficient (Wildman–Crippen LogP) is 3.41. The number of hydrogen-bond donors (Lipinski definition) is 1. The first kappa shape index (κ1) is 16.5. The minimum atomic E-state index is -0.365. The first-order valence-corrected chi connectivity index (χ1v) is 8.04. The molecule has 2 atom stereocenters. The van der Waals surface area contributed by atoms with E-state index in [-0.39, 0.29) is 18.3 Å². The van der Waals surface area contributed by atoms with Gasteiger partial charge in [0, 0.05) is 20.1 Å². The quantitative estimate of drug-likeness (QED) is 0.783. The molecule has 1 aliphatic rings. The van der Waals surface area contributed by atoms with Gasteiger partial charge in [-0.3, -0.25) is 0 Å². The molecule has 0 radical (unpaired) electrons. The first-order chi connectivity index (χ1) is 10.3. The summed E-state index contributed by atoms with van der Waals surface area (Å²) in [6.07, 6.45) is 6.04.